The molecule has 8 nitrogen and oxygen atoms in total. The van der Waals surface area contributed by atoms with E-state index in [0.29, 0.717) is 10.8 Å². The summed E-state index contributed by atoms with van der Waals surface area (Å²) in [5.41, 5.74) is 1.82. The number of sulfonamides is 1. The van der Waals surface area contributed by atoms with E-state index in [2.05, 4.69) is 5.32 Å². The summed E-state index contributed by atoms with van der Waals surface area (Å²) in [6.45, 7) is 6.89. The summed E-state index contributed by atoms with van der Waals surface area (Å²) in [7, 11) is -2.42. The van der Waals surface area contributed by atoms with Crippen LogP contribution < -0.4 is 14.4 Å². The van der Waals surface area contributed by atoms with Crippen LogP contribution in [-0.2, 0) is 26.2 Å². The molecule has 0 saturated carbocycles. The number of halogens is 1. The molecule has 192 valence electrons. The summed E-state index contributed by atoms with van der Waals surface area (Å²) in [6, 6.07) is 11.1. The van der Waals surface area contributed by atoms with E-state index >= 15 is 0 Å². The number of aryl methyl sites for hydroxylation is 1. The number of methoxy groups -OCH3 is 1. The Labute approximate surface area is 213 Å². The molecule has 0 bridgehead atoms. The topological polar surface area (TPSA) is 96.0 Å². The van der Waals surface area contributed by atoms with Crippen molar-refractivity contribution in [3.05, 3.63) is 58.6 Å². The first kappa shape index (κ1) is 28.5. The maximum atomic E-state index is 13.6. The molecular formula is C25H34ClN3O5S. The van der Waals surface area contributed by atoms with E-state index in [1.807, 2.05) is 20.8 Å². The summed E-state index contributed by atoms with van der Waals surface area (Å²) >= 11 is 6.00. The van der Waals surface area contributed by atoms with Gasteiger partial charge < -0.3 is 15.0 Å². The maximum Gasteiger partial charge on any atom is 0.244 e. The third-order valence-corrected chi connectivity index (χ3v) is 7.10. The van der Waals surface area contributed by atoms with E-state index in [1.54, 1.807) is 49.4 Å². The smallest absolute Gasteiger partial charge is 0.244 e. The summed E-state index contributed by atoms with van der Waals surface area (Å²) in [6.07, 6.45) is 1.77. The van der Waals surface area contributed by atoms with Gasteiger partial charge in [-0.1, -0.05) is 36.7 Å². The predicted molar refractivity (Wildman–Crippen MR) is 139 cm³/mol. The van der Waals surface area contributed by atoms with E-state index in [9.17, 15) is 18.0 Å². The molecule has 0 aliphatic carbocycles. The summed E-state index contributed by atoms with van der Waals surface area (Å²) in [5, 5.41) is 3.44. The average Bonchev–Trinajstić information content (AvgIpc) is 2.80. The highest BCUT2D eigenvalue weighted by atomic mass is 35.5. The number of benzene rings is 2. The second-order valence-electron chi connectivity index (χ2n) is 8.59. The Hall–Kier alpha value is -2.78. The van der Waals surface area contributed by atoms with Crippen LogP contribution in [0.15, 0.2) is 42.5 Å². The molecular weight excluding hydrogens is 490 g/mol. The number of hydrogen-bond donors (Lipinski definition) is 1. The Morgan fingerprint density at radius 2 is 1.74 bits per heavy atom. The molecule has 2 amide bonds. The molecule has 2 unspecified atom stereocenters. The normalized spacial score (nSPS) is 13.0. The van der Waals surface area contributed by atoms with Gasteiger partial charge in [0.1, 0.15) is 18.3 Å². The van der Waals surface area contributed by atoms with Crippen molar-refractivity contribution in [3.63, 3.8) is 0 Å². The van der Waals surface area contributed by atoms with Crippen LogP contribution >= 0.6 is 11.6 Å². The summed E-state index contributed by atoms with van der Waals surface area (Å²) in [4.78, 5) is 27.9. The largest absolute Gasteiger partial charge is 0.495 e. The van der Waals surface area contributed by atoms with E-state index < -0.39 is 28.5 Å². The highest BCUT2D eigenvalue weighted by Crippen LogP contribution is 2.31. The van der Waals surface area contributed by atoms with Crippen LogP contribution in [0.3, 0.4) is 0 Å². The molecule has 0 heterocycles. The Balaban J connectivity index is 2.45. The van der Waals surface area contributed by atoms with Gasteiger partial charge in [-0.2, -0.15) is 0 Å². The first-order chi connectivity index (χ1) is 16.4. The van der Waals surface area contributed by atoms with Gasteiger partial charge in [0, 0.05) is 17.6 Å². The molecule has 0 aliphatic heterocycles. The Morgan fingerprint density at radius 3 is 2.29 bits per heavy atom. The zero-order valence-electron chi connectivity index (χ0n) is 21.0. The minimum atomic E-state index is -3.86. The molecule has 0 spiro atoms. The molecule has 0 aliphatic rings. The van der Waals surface area contributed by atoms with Gasteiger partial charge in [-0.05, 0) is 62.6 Å². The van der Waals surface area contributed by atoms with Crippen LogP contribution in [0.5, 0.6) is 5.75 Å². The molecule has 1 N–H and O–H groups in total. The number of rotatable bonds is 11. The molecule has 10 heteroatoms. The summed E-state index contributed by atoms with van der Waals surface area (Å²) in [5.74, 6) is -0.526. The van der Waals surface area contributed by atoms with Crippen LogP contribution in [0.4, 0.5) is 5.69 Å². The van der Waals surface area contributed by atoms with Gasteiger partial charge in [-0.3, -0.25) is 13.9 Å². The second kappa shape index (κ2) is 12.3. The van der Waals surface area contributed by atoms with Crippen molar-refractivity contribution in [2.75, 3.05) is 24.2 Å². The number of carbonyl (C=O) groups is 2. The third-order valence-electron chi connectivity index (χ3n) is 5.72. The lowest BCUT2D eigenvalue weighted by atomic mass is 10.1. The number of ether oxygens (including phenoxy) is 1. The standard InChI is InChI=1S/C25H34ClN3O5S/c1-7-18(3)27-25(31)19(4)28(15-20-9-11-21(26)12-10-20)24(30)16-29(35(6,32)33)22-14-17(2)8-13-23(22)34-5/h8-14,18-19H,7,15-16H2,1-6H3,(H,27,31). The van der Waals surface area contributed by atoms with Crippen molar-refractivity contribution in [2.24, 2.45) is 0 Å². The molecule has 2 atom stereocenters. The third kappa shape index (κ3) is 7.86. The Kier molecular flexibility index (Phi) is 9.97. The van der Waals surface area contributed by atoms with Crippen LogP contribution in [-0.4, -0.2) is 57.1 Å². The fraction of sp³-hybridized carbons (Fsp3) is 0.440. The molecule has 0 saturated heterocycles. The predicted octanol–water partition coefficient (Wildman–Crippen LogP) is 3.76. The first-order valence-corrected chi connectivity index (χ1v) is 13.6. The van der Waals surface area contributed by atoms with Crippen LogP contribution in [0, 0.1) is 6.92 Å². The van der Waals surface area contributed by atoms with Crippen molar-refractivity contribution < 1.29 is 22.7 Å². The van der Waals surface area contributed by atoms with Crippen LogP contribution in [0.25, 0.3) is 0 Å². The van der Waals surface area contributed by atoms with Gasteiger partial charge in [0.2, 0.25) is 21.8 Å². The molecule has 2 aromatic rings. The molecule has 35 heavy (non-hydrogen) atoms. The maximum absolute atomic E-state index is 13.6. The van der Waals surface area contributed by atoms with Gasteiger partial charge in [0.15, 0.2) is 0 Å². The Morgan fingerprint density at radius 1 is 1.11 bits per heavy atom. The van der Waals surface area contributed by atoms with E-state index in [4.69, 9.17) is 16.3 Å². The monoisotopic (exact) mass is 523 g/mol. The van der Waals surface area contributed by atoms with E-state index in [1.165, 1.54) is 12.0 Å². The highest BCUT2D eigenvalue weighted by molar-refractivity contribution is 7.92. The first-order valence-electron chi connectivity index (χ1n) is 11.3. The number of hydrogen-bond acceptors (Lipinski definition) is 5. The lowest BCUT2D eigenvalue weighted by Crippen LogP contribution is -2.52. The number of nitrogens with zero attached hydrogens (tertiary/aromatic N) is 2. The van der Waals surface area contributed by atoms with Gasteiger partial charge in [0.05, 0.1) is 19.1 Å². The van der Waals surface area contributed by atoms with E-state index in [-0.39, 0.29) is 24.2 Å². The fourth-order valence-electron chi connectivity index (χ4n) is 3.42. The minimum Gasteiger partial charge on any atom is -0.495 e. The Bertz CT molecular complexity index is 1140. The molecule has 0 aromatic heterocycles. The molecule has 2 rings (SSSR count). The van der Waals surface area contributed by atoms with Gasteiger partial charge >= 0.3 is 0 Å². The van der Waals surface area contributed by atoms with Crippen molar-refractivity contribution in [3.8, 4) is 5.75 Å². The van der Waals surface area contributed by atoms with Crippen molar-refractivity contribution in [2.45, 2.75) is 52.7 Å². The van der Waals surface area contributed by atoms with Crippen LogP contribution in [0.1, 0.15) is 38.3 Å². The zero-order chi connectivity index (χ0) is 26.3. The van der Waals surface area contributed by atoms with Crippen LogP contribution in [0.2, 0.25) is 5.02 Å². The minimum absolute atomic E-state index is 0.0680. The number of amides is 2. The molecule has 0 radical (unpaired) electrons. The van der Waals surface area contributed by atoms with Crippen molar-refractivity contribution in [1.82, 2.24) is 10.2 Å². The lowest BCUT2D eigenvalue weighted by molar-refractivity contribution is -0.139. The quantitative estimate of drug-likeness (QED) is 0.484. The van der Waals surface area contributed by atoms with Gasteiger partial charge in [-0.15, -0.1) is 0 Å². The summed E-state index contributed by atoms with van der Waals surface area (Å²) < 4.78 is 31.9. The lowest BCUT2D eigenvalue weighted by Gasteiger charge is -2.32. The van der Waals surface area contributed by atoms with Gasteiger partial charge in [0.25, 0.3) is 0 Å². The number of nitrogens with one attached hydrogen (secondary N) is 1. The highest BCUT2D eigenvalue weighted by Gasteiger charge is 2.31. The van der Waals surface area contributed by atoms with Crippen molar-refractivity contribution in [1.29, 1.82) is 0 Å². The number of carbonyl (C=O) groups excluding carboxylic acids is 2. The van der Waals surface area contributed by atoms with Gasteiger partial charge in [-0.25, -0.2) is 8.42 Å². The molecule has 2 aromatic carbocycles. The average molecular weight is 524 g/mol. The SMILES string of the molecule is CCC(C)NC(=O)C(C)N(Cc1ccc(Cl)cc1)C(=O)CN(c1cc(C)ccc1OC)S(C)(=O)=O. The number of anilines is 1. The second-order valence-corrected chi connectivity index (χ2v) is 10.9. The fourth-order valence-corrected chi connectivity index (χ4v) is 4.40. The van der Waals surface area contributed by atoms with E-state index in [0.717, 1.165) is 28.1 Å². The zero-order valence-corrected chi connectivity index (χ0v) is 22.6. The van der Waals surface area contributed by atoms with Crippen molar-refractivity contribution >= 4 is 39.1 Å². The molecule has 0 fully saturated rings.